The highest BCUT2D eigenvalue weighted by atomic mass is 19.4. The summed E-state index contributed by atoms with van der Waals surface area (Å²) in [4.78, 5) is 1.91. The molecule has 0 bridgehead atoms. The van der Waals surface area contributed by atoms with E-state index in [0.717, 1.165) is 5.56 Å². The molecular formula is C13H18F3N. The largest absolute Gasteiger partial charge is 0.389 e. The van der Waals surface area contributed by atoms with Crippen LogP contribution in [0.5, 0.6) is 0 Å². The predicted octanol–water partition coefficient (Wildman–Crippen LogP) is 3.77. The summed E-state index contributed by atoms with van der Waals surface area (Å²) in [5.41, 5.74) is 2.32. The van der Waals surface area contributed by atoms with E-state index >= 15 is 0 Å². The third-order valence-electron chi connectivity index (χ3n) is 2.57. The highest BCUT2D eigenvalue weighted by Crippen LogP contribution is 2.21. The van der Waals surface area contributed by atoms with Crippen molar-refractivity contribution in [3.8, 4) is 0 Å². The van der Waals surface area contributed by atoms with Crippen LogP contribution < -0.4 is 0 Å². The van der Waals surface area contributed by atoms with Gasteiger partial charge in [-0.3, -0.25) is 0 Å². The molecule has 0 aromatic heterocycles. The SMILES string of the molecule is Cc1ccc(CN(C)CCCC(F)(F)F)cc1. The molecule has 0 N–H and O–H groups in total. The summed E-state index contributed by atoms with van der Waals surface area (Å²) in [7, 11) is 1.84. The van der Waals surface area contributed by atoms with Gasteiger partial charge in [-0.25, -0.2) is 0 Å². The van der Waals surface area contributed by atoms with Crippen molar-refractivity contribution in [2.24, 2.45) is 0 Å². The Morgan fingerprint density at radius 3 is 2.24 bits per heavy atom. The molecule has 0 atom stereocenters. The van der Waals surface area contributed by atoms with Gasteiger partial charge in [-0.15, -0.1) is 0 Å². The summed E-state index contributed by atoms with van der Waals surface area (Å²) in [5, 5.41) is 0. The van der Waals surface area contributed by atoms with Crippen LogP contribution in [0.1, 0.15) is 24.0 Å². The van der Waals surface area contributed by atoms with Gasteiger partial charge in [0.1, 0.15) is 0 Å². The molecule has 17 heavy (non-hydrogen) atoms. The first kappa shape index (κ1) is 14.0. The van der Waals surface area contributed by atoms with Crippen LogP contribution in [-0.4, -0.2) is 24.7 Å². The van der Waals surface area contributed by atoms with E-state index < -0.39 is 12.6 Å². The maximum Gasteiger partial charge on any atom is 0.389 e. The van der Waals surface area contributed by atoms with E-state index in [1.54, 1.807) is 0 Å². The minimum Gasteiger partial charge on any atom is -0.302 e. The van der Waals surface area contributed by atoms with E-state index in [4.69, 9.17) is 0 Å². The predicted molar refractivity (Wildman–Crippen MR) is 62.8 cm³/mol. The van der Waals surface area contributed by atoms with Crippen LogP contribution in [0.25, 0.3) is 0 Å². The zero-order valence-corrected chi connectivity index (χ0v) is 10.2. The van der Waals surface area contributed by atoms with Crippen LogP contribution in [0, 0.1) is 6.92 Å². The molecule has 0 aliphatic carbocycles. The van der Waals surface area contributed by atoms with Crippen molar-refractivity contribution in [1.82, 2.24) is 4.90 Å². The Kier molecular flexibility index (Phi) is 5.00. The van der Waals surface area contributed by atoms with Gasteiger partial charge in [0, 0.05) is 13.0 Å². The second kappa shape index (κ2) is 6.05. The summed E-state index contributed by atoms with van der Waals surface area (Å²) in [6.07, 6.45) is -4.58. The fourth-order valence-corrected chi connectivity index (χ4v) is 1.63. The fourth-order valence-electron chi connectivity index (χ4n) is 1.63. The quantitative estimate of drug-likeness (QED) is 0.763. The first-order chi connectivity index (χ1) is 7.87. The van der Waals surface area contributed by atoms with Gasteiger partial charge >= 0.3 is 6.18 Å². The smallest absolute Gasteiger partial charge is 0.302 e. The van der Waals surface area contributed by atoms with Crippen LogP contribution in [0.3, 0.4) is 0 Å². The molecule has 0 aliphatic heterocycles. The Hall–Kier alpha value is -1.03. The van der Waals surface area contributed by atoms with Crippen LogP contribution >= 0.6 is 0 Å². The topological polar surface area (TPSA) is 3.24 Å². The maximum atomic E-state index is 12.0. The summed E-state index contributed by atoms with van der Waals surface area (Å²) in [6.45, 7) is 3.17. The van der Waals surface area contributed by atoms with E-state index in [1.165, 1.54) is 5.56 Å². The van der Waals surface area contributed by atoms with Gasteiger partial charge in [-0.2, -0.15) is 13.2 Å². The zero-order valence-electron chi connectivity index (χ0n) is 10.2. The van der Waals surface area contributed by atoms with Gasteiger partial charge in [-0.05, 0) is 32.5 Å². The minimum absolute atomic E-state index is 0.159. The normalized spacial score (nSPS) is 12.1. The molecule has 1 aromatic rings. The monoisotopic (exact) mass is 245 g/mol. The molecule has 0 amide bonds. The number of halogens is 3. The first-order valence-electron chi connectivity index (χ1n) is 5.68. The molecule has 0 aliphatic rings. The Balaban J connectivity index is 2.30. The van der Waals surface area contributed by atoms with Crippen LogP contribution in [0.15, 0.2) is 24.3 Å². The lowest BCUT2D eigenvalue weighted by molar-refractivity contribution is -0.136. The zero-order chi connectivity index (χ0) is 12.9. The van der Waals surface area contributed by atoms with Crippen molar-refractivity contribution in [2.45, 2.75) is 32.5 Å². The molecule has 1 aromatic carbocycles. The standard InChI is InChI=1S/C13H18F3N/c1-11-4-6-12(7-5-11)10-17(2)9-3-8-13(14,15)16/h4-7H,3,8-10H2,1-2H3. The highest BCUT2D eigenvalue weighted by molar-refractivity contribution is 5.21. The summed E-state index contributed by atoms with van der Waals surface area (Å²) in [6, 6.07) is 8.04. The maximum absolute atomic E-state index is 12.0. The van der Waals surface area contributed by atoms with Crippen molar-refractivity contribution in [2.75, 3.05) is 13.6 Å². The number of alkyl halides is 3. The number of hydrogen-bond acceptors (Lipinski definition) is 1. The van der Waals surface area contributed by atoms with Crippen molar-refractivity contribution >= 4 is 0 Å². The van der Waals surface area contributed by atoms with Crippen molar-refractivity contribution in [1.29, 1.82) is 0 Å². The van der Waals surface area contributed by atoms with Gasteiger partial charge in [0.25, 0.3) is 0 Å². The van der Waals surface area contributed by atoms with Crippen molar-refractivity contribution < 1.29 is 13.2 Å². The Labute approximate surface area is 100 Å². The number of nitrogens with zero attached hydrogens (tertiary/aromatic N) is 1. The molecule has 96 valence electrons. The van der Waals surface area contributed by atoms with Crippen LogP contribution in [0.2, 0.25) is 0 Å². The third-order valence-corrected chi connectivity index (χ3v) is 2.57. The molecule has 0 radical (unpaired) electrons. The molecule has 0 spiro atoms. The van der Waals surface area contributed by atoms with Gasteiger partial charge in [0.2, 0.25) is 0 Å². The van der Waals surface area contributed by atoms with Gasteiger partial charge in [0.05, 0.1) is 0 Å². The summed E-state index contributed by atoms with van der Waals surface area (Å²) >= 11 is 0. The first-order valence-corrected chi connectivity index (χ1v) is 5.68. The molecule has 0 heterocycles. The molecule has 0 fully saturated rings. The highest BCUT2D eigenvalue weighted by Gasteiger charge is 2.26. The Morgan fingerprint density at radius 2 is 1.71 bits per heavy atom. The molecule has 0 saturated carbocycles. The van der Waals surface area contributed by atoms with E-state index in [-0.39, 0.29) is 6.42 Å². The molecular weight excluding hydrogens is 227 g/mol. The number of aryl methyl sites for hydroxylation is 1. The van der Waals surface area contributed by atoms with Crippen molar-refractivity contribution in [3.63, 3.8) is 0 Å². The van der Waals surface area contributed by atoms with Gasteiger partial charge in [-0.1, -0.05) is 29.8 Å². The lowest BCUT2D eigenvalue weighted by Gasteiger charge is -2.17. The third kappa shape index (κ3) is 6.31. The number of hydrogen-bond donors (Lipinski definition) is 0. The molecule has 0 unspecified atom stereocenters. The molecule has 0 saturated heterocycles. The molecule has 1 rings (SSSR count). The van der Waals surface area contributed by atoms with Crippen LogP contribution in [-0.2, 0) is 6.54 Å². The summed E-state index contributed by atoms with van der Waals surface area (Å²) < 4.78 is 35.9. The van der Waals surface area contributed by atoms with E-state index in [1.807, 2.05) is 43.1 Å². The van der Waals surface area contributed by atoms with Crippen LogP contribution in [0.4, 0.5) is 13.2 Å². The Morgan fingerprint density at radius 1 is 1.12 bits per heavy atom. The minimum atomic E-state index is -4.04. The van der Waals surface area contributed by atoms with E-state index in [9.17, 15) is 13.2 Å². The van der Waals surface area contributed by atoms with E-state index in [2.05, 4.69) is 0 Å². The Bertz CT molecular complexity index is 330. The number of benzene rings is 1. The van der Waals surface area contributed by atoms with E-state index in [0.29, 0.717) is 13.1 Å². The lowest BCUT2D eigenvalue weighted by Crippen LogP contribution is -2.21. The number of rotatable bonds is 5. The summed E-state index contributed by atoms with van der Waals surface area (Å²) in [5.74, 6) is 0. The average Bonchev–Trinajstić information content (AvgIpc) is 2.19. The van der Waals surface area contributed by atoms with Crippen molar-refractivity contribution in [3.05, 3.63) is 35.4 Å². The molecule has 4 heteroatoms. The second-order valence-electron chi connectivity index (χ2n) is 4.44. The fraction of sp³-hybridized carbons (Fsp3) is 0.538. The average molecular weight is 245 g/mol. The second-order valence-corrected chi connectivity index (χ2v) is 4.44. The van der Waals surface area contributed by atoms with Gasteiger partial charge < -0.3 is 4.90 Å². The molecule has 1 nitrogen and oxygen atoms in total. The van der Waals surface area contributed by atoms with Gasteiger partial charge in [0.15, 0.2) is 0 Å². The lowest BCUT2D eigenvalue weighted by atomic mass is 10.1.